The van der Waals surface area contributed by atoms with E-state index in [-0.39, 0.29) is 5.82 Å². The third-order valence-electron chi connectivity index (χ3n) is 2.99. The van der Waals surface area contributed by atoms with Crippen LogP contribution in [-0.4, -0.2) is 12.6 Å². The summed E-state index contributed by atoms with van der Waals surface area (Å²) < 4.78 is 13.8. The zero-order valence-electron chi connectivity index (χ0n) is 8.82. The van der Waals surface area contributed by atoms with Crippen molar-refractivity contribution in [2.24, 2.45) is 0 Å². The fourth-order valence-electron chi connectivity index (χ4n) is 2.08. The van der Waals surface area contributed by atoms with E-state index in [0.29, 0.717) is 28.6 Å². The minimum Gasteiger partial charge on any atom is -0.314 e. The molecule has 3 heteroatoms. The van der Waals surface area contributed by atoms with Gasteiger partial charge in [0.1, 0.15) is 5.82 Å². The van der Waals surface area contributed by atoms with Crippen LogP contribution < -0.4 is 5.32 Å². The van der Waals surface area contributed by atoms with Crippen LogP contribution in [0.15, 0.2) is 12.1 Å². The van der Waals surface area contributed by atoms with Crippen LogP contribution in [0.5, 0.6) is 0 Å². The molecule has 1 aliphatic rings. The van der Waals surface area contributed by atoms with Gasteiger partial charge < -0.3 is 5.32 Å². The Morgan fingerprint density at radius 1 is 1.53 bits per heavy atom. The lowest BCUT2D eigenvalue weighted by molar-refractivity contribution is 0.556. The number of nitrogens with one attached hydrogen (secondary N) is 1. The van der Waals surface area contributed by atoms with Gasteiger partial charge in [0, 0.05) is 16.6 Å². The van der Waals surface area contributed by atoms with E-state index >= 15 is 0 Å². The van der Waals surface area contributed by atoms with Gasteiger partial charge in [0.05, 0.1) is 0 Å². The highest BCUT2D eigenvalue weighted by Crippen LogP contribution is 2.24. The summed E-state index contributed by atoms with van der Waals surface area (Å²) in [7, 11) is 0. The lowest BCUT2D eigenvalue weighted by Crippen LogP contribution is -2.24. The summed E-state index contributed by atoms with van der Waals surface area (Å²) in [5.41, 5.74) is 1.34. The Balaban J connectivity index is 2.22. The van der Waals surface area contributed by atoms with E-state index in [1.807, 2.05) is 0 Å². The molecule has 1 saturated heterocycles. The van der Waals surface area contributed by atoms with Crippen molar-refractivity contribution in [3.63, 3.8) is 0 Å². The molecule has 0 bridgehead atoms. The molecular formula is C12H15ClFN. The molecule has 0 saturated carbocycles. The molecule has 1 heterocycles. The van der Waals surface area contributed by atoms with Crippen molar-refractivity contribution in [2.75, 3.05) is 6.54 Å². The van der Waals surface area contributed by atoms with Gasteiger partial charge in [-0.2, -0.15) is 0 Å². The standard InChI is InChI=1S/C12H15ClFN/c1-8-4-5-11(13)10(12(8)14)7-9-3-2-6-15-9/h4-5,9,15H,2-3,6-7H2,1H3. The van der Waals surface area contributed by atoms with Crippen molar-refractivity contribution in [1.82, 2.24) is 5.32 Å². The van der Waals surface area contributed by atoms with Crippen LogP contribution in [0.3, 0.4) is 0 Å². The molecule has 0 amide bonds. The van der Waals surface area contributed by atoms with Gasteiger partial charge in [-0.3, -0.25) is 0 Å². The van der Waals surface area contributed by atoms with E-state index < -0.39 is 0 Å². The number of hydrogen-bond donors (Lipinski definition) is 1. The molecule has 15 heavy (non-hydrogen) atoms. The Bertz CT molecular complexity index is 359. The second-order valence-corrected chi connectivity index (χ2v) is 4.56. The molecule has 1 aliphatic heterocycles. The Labute approximate surface area is 94.6 Å². The predicted octanol–water partition coefficient (Wildman–Crippen LogP) is 3.08. The largest absolute Gasteiger partial charge is 0.314 e. The molecule has 1 unspecified atom stereocenters. The lowest BCUT2D eigenvalue weighted by atomic mass is 10.0. The van der Waals surface area contributed by atoms with Crippen molar-refractivity contribution in [3.8, 4) is 0 Å². The fraction of sp³-hybridized carbons (Fsp3) is 0.500. The molecule has 0 radical (unpaired) electrons. The van der Waals surface area contributed by atoms with Crippen molar-refractivity contribution in [1.29, 1.82) is 0 Å². The molecule has 1 atom stereocenters. The number of aryl methyl sites for hydroxylation is 1. The Morgan fingerprint density at radius 2 is 2.33 bits per heavy atom. The van der Waals surface area contributed by atoms with Crippen LogP contribution in [0, 0.1) is 12.7 Å². The molecule has 1 aromatic rings. The molecule has 2 rings (SSSR count). The van der Waals surface area contributed by atoms with Gasteiger partial charge in [0.25, 0.3) is 0 Å². The van der Waals surface area contributed by atoms with Crippen LogP contribution in [-0.2, 0) is 6.42 Å². The topological polar surface area (TPSA) is 12.0 Å². The zero-order chi connectivity index (χ0) is 10.8. The Morgan fingerprint density at radius 3 is 3.00 bits per heavy atom. The maximum Gasteiger partial charge on any atom is 0.130 e. The quantitative estimate of drug-likeness (QED) is 0.819. The van der Waals surface area contributed by atoms with Crippen LogP contribution in [0.2, 0.25) is 5.02 Å². The number of hydrogen-bond acceptors (Lipinski definition) is 1. The zero-order valence-corrected chi connectivity index (χ0v) is 9.57. The first-order valence-electron chi connectivity index (χ1n) is 5.35. The normalized spacial score (nSPS) is 20.9. The van der Waals surface area contributed by atoms with E-state index in [2.05, 4.69) is 5.32 Å². The third kappa shape index (κ3) is 2.32. The van der Waals surface area contributed by atoms with Crippen LogP contribution in [0.25, 0.3) is 0 Å². The molecule has 1 N–H and O–H groups in total. The van der Waals surface area contributed by atoms with E-state index in [1.54, 1.807) is 19.1 Å². The van der Waals surface area contributed by atoms with Gasteiger partial charge in [0.15, 0.2) is 0 Å². The summed E-state index contributed by atoms with van der Waals surface area (Å²) in [6, 6.07) is 3.90. The Hall–Kier alpha value is -0.600. The van der Waals surface area contributed by atoms with E-state index in [9.17, 15) is 4.39 Å². The van der Waals surface area contributed by atoms with Gasteiger partial charge in [-0.25, -0.2) is 4.39 Å². The predicted molar refractivity (Wildman–Crippen MR) is 60.9 cm³/mol. The average Bonchev–Trinajstić information content (AvgIpc) is 2.71. The van der Waals surface area contributed by atoms with E-state index in [1.165, 1.54) is 6.42 Å². The van der Waals surface area contributed by atoms with Gasteiger partial charge >= 0.3 is 0 Å². The molecule has 0 aromatic heterocycles. The average molecular weight is 228 g/mol. The highest BCUT2D eigenvalue weighted by atomic mass is 35.5. The number of benzene rings is 1. The molecule has 82 valence electrons. The minimum absolute atomic E-state index is 0.142. The summed E-state index contributed by atoms with van der Waals surface area (Å²) in [6.45, 7) is 2.81. The summed E-state index contributed by atoms with van der Waals surface area (Å²) in [5.74, 6) is -0.142. The molecule has 0 aliphatic carbocycles. The maximum absolute atomic E-state index is 13.8. The highest BCUT2D eigenvalue weighted by Gasteiger charge is 2.18. The van der Waals surface area contributed by atoms with Crippen LogP contribution in [0.4, 0.5) is 4.39 Å². The van der Waals surface area contributed by atoms with Gasteiger partial charge in [-0.1, -0.05) is 17.7 Å². The second-order valence-electron chi connectivity index (χ2n) is 4.15. The van der Waals surface area contributed by atoms with Gasteiger partial charge in [-0.15, -0.1) is 0 Å². The molecule has 1 nitrogen and oxygen atoms in total. The van der Waals surface area contributed by atoms with E-state index in [4.69, 9.17) is 11.6 Å². The second kappa shape index (κ2) is 4.50. The van der Waals surface area contributed by atoms with Crippen LogP contribution in [0.1, 0.15) is 24.0 Å². The van der Waals surface area contributed by atoms with Crippen molar-refractivity contribution in [2.45, 2.75) is 32.2 Å². The minimum atomic E-state index is -0.142. The lowest BCUT2D eigenvalue weighted by Gasteiger charge is -2.13. The molecular weight excluding hydrogens is 213 g/mol. The third-order valence-corrected chi connectivity index (χ3v) is 3.35. The number of halogens is 2. The smallest absolute Gasteiger partial charge is 0.130 e. The summed E-state index contributed by atoms with van der Waals surface area (Å²) in [5, 5.41) is 3.90. The SMILES string of the molecule is Cc1ccc(Cl)c(CC2CCCN2)c1F. The summed E-state index contributed by atoms with van der Waals surface area (Å²) >= 11 is 6.01. The summed E-state index contributed by atoms with van der Waals surface area (Å²) in [4.78, 5) is 0. The monoisotopic (exact) mass is 227 g/mol. The first-order valence-corrected chi connectivity index (χ1v) is 5.73. The van der Waals surface area contributed by atoms with Crippen molar-refractivity contribution < 1.29 is 4.39 Å². The maximum atomic E-state index is 13.8. The van der Waals surface area contributed by atoms with Crippen molar-refractivity contribution >= 4 is 11.6 Å². The first-order chi connectivity index (χ1) is 7.18. The van der Waals surface area contributed by atoms with Crippen molar-refractivity contribution in [3.05, 3.63) is 34.1 Å². The van der Waals surface area contributed by atoms with Gasteiger partial charge in [-0.05, 0) is 44.4 Å². The molecule has 1 aromatic carbocycles. The molecule has 0 spiro atoms. The van der Waals surface area contributed by atoms with E-state index in [0.717, 1.165) is 13.0 Å². The number of rotatable bonds is 2. The first kappa shape index (κ1) is 10.9. The molecule has 1 fully saturated rings. The van der Waals surface area contributed by atoms with Crippen LogP contribution >= 0.6 is 11.6 Å². The fourth-order valence-corrected chi connectivity index (χ4v) is 2.30. The Kier molecular flexibility index (Phi) is 3.27. The summed E-state index contributed by atoms with van der Waals surface area (Å²) in [6.07, 6.45) is 2.99. The van der Waals surface area contributed by atoms with Gasteiger partial charge in [0.2, 0.25) is 0 Å². The highest BCUT2D eigenvalue weighted by molar-refractivity contribution is 6.31.